The van der Waals surface area contributed by atoms with Gasteiger partial charge in [-0.15, -0.1) is 0 Å². The Balaban J connectivity index is 2.01. The molecule has 0 atom stereocenters. The van der Waals surface area contributed by atoms with Crippen LogP contribution >= 0.6 is 0 Å². The Morgan fingerprint density at radius 1 is 1.26 bits per heavy atom. The number of nitrogens with zero attached hydrogens (tertiary/aromatic N) is 2. The topological polar surface area (TPSA) is 93.6 Å². The van der Waals surface area contributed by atoms with Crippen LogP contribution in [0, 0.1) is 25.2 Å². The van der Waals surface area contributed by atoms with Crippen LogP contribution in [0.4, 0.5) is 16.3 Å². The molecule has 0 saturated carbocycles. The van der Waals surface area contributed by atoms with Gasteiger partial charge in [-0.05, 0) is 38.1 Å². The molecule has 6 nitrogen and oxygen atoms in total. The first-order valence-corrected chi connectivity index (χ1v) is 5.70. The number of carbonyl (C=O) groups is 1. The third-order valence-corrected chi connectivity index (χ3v) is 2.76. The number of carbonyl (C=O) groups excluding carboxylic acids is 1. The summed E-state index contributed by atoms with van der Waals surface area (Å²) in [5, 5.41) is 20.8. The second kappa shape index (κ2) is 5.23. The van der Waals surface area contributed by atoms with E-state index < -0.39 is 0 Å². The average molecular weight is 255 g/mol. The van der Waals surface area contributed by atoms with Crippen molar-refractivity contribution in [3.8, 4) is 6.07 Å². The summed E-state index contributed by atoms with van der Waals surface area (Å²) in [5.74, 6) is 0.503. The van der Waals surface area contributed by atoms with Gasteiger partial charge in [0, 0.05) is 16.9 Å². The molecule has 0 fully saturated rings. The van der Waals surface area contributed by atoms with E-state index in [2.05, 4.69) is 20.8 Å². The summed E-state index contributed by atoms with van der Waals surface area (Å²) in [6, 6.07) is 8.25. The highest BCUT2D eigenvalue weighted by Crippen LogP contribution is 2.14. The standard InChI is InChI=1S/C13H13N5O/c1-8-9(2)17-18-12(8)16-13(19)15-11-5-3-10(7-14)4-6-11/h3-6H,1-2H3,(H3,15,16,17,18,19). The van der Waals surface area contributed by atoms with E-state index in [4.69, 9.17) is 5.26 Å². The van der Waals surface area contributed by atoms with Crippen molar-refractivity contribution in [3.05, 3.63) is 41.1 Å². The minimum Gasteiger partial charge on any atom is -0.308 e. The minimum atomic E-state index is -0.376. The molecule has 2 rings (SSSR count). The van der Waals surface area contributed by atoms with Crippen LogP contribution in [-0.2, 0) is 0 Å². The Bertz CT molecular complexity index is 636. The second-order valence-corrected chi connectivity index (χ2v) is 4.09. The van der Waals surface area contributed by atoms with Crippen LogP contribution in [0.25, 0.3) is 0 Å². The van der Waals surface area contributed by atoms with Gasteiger partial charge in [-0.3, -0.25) is 10.4 Å². The molecule has 96 valence electrons. The van der Waals surface area contributed by atoms with E-state index in [0.29, 0.717) is 17.1 Å². The predicted molar refractivity (Wildman–Crippen MR) is 71.9 cm³/mol. The fourth-order valence-corrected chi connectivity index (χ4v) is 1.50. The van der Waals surface area contributed by atoms with Crippen LogP contribution in [0.3, 0.4) is 0 Å². The van der Waals surface area contributed by atoms with Crippen LogP contribution < -0.4 is 10.6 Å². The number of nitriles is 1. The molecule has 19 heavy (non-hydrogen) atoms. The van der Waals surface area contributed by atoms with Crippen molar-refractivity contribution in [2.75, 3.05) is 10.6 Å². The summed E-state index contributed by atoms with van der Waals surface area (Å²) in [5.41, 5.74) is 2.97. The van der Waals surface area contributed by atoms with Crippen molar-refractivity contribution < 1.29 is 4.79 Å². The van der Waals surface area contributed by atoms with Crippen molar-refractivity contribution in [2.24, 2.45) is 0 Å². The largest absolute Gasteiger partial charge is 0.324 e. The quantitative estimate of drug-likeness (QED) is 0.769. The Kier molecular flexibility index (Phi) is 3.48. The van der Waals surface area contributed by atoms with Gasteiger partial charge in [0.15, 0.2) is 5.82 Å². The van der Waals surface area contributed by atoms with Gasteiger partial charge in [0.05, 0.1) is 11.6 Å². The Labute approximate surface area is 110 Å². The van der Waals surface area contributed by atoms with Gasteiger partial charge in [0.2, 0.25) is 0 Å². The molecule has 0 bridgehead atoms. The summed E-state index contributed by atoms with van der Waals surface area (Å²) < 4.78 is 0. The smallest absolute Gasteiger partial charge is 0.308 e. The number of hydrogen-bond acceptors (Lipinski definition) is 3. The first-order valence-electron chi connectivity index (χ1n) is 5.70. The highest BCUT2D eigenvalue weighted by molar-refractivity contribution is 5.99. The zero-order valence-electron chi connectivity index (χ0n) is 10.6. The van der Waals surface area contributed by atoms with Crippen molar-refractivity contribution in [3.63, 3.8) is 0 Å². The Morgan fingerprint density at radius 3 is 2.47 bits per heavy atom. The lowest BCUT2D eigenvalue weighted by atomic mass is 10.2. The molecule has 2 aromatic rings. The first kappa shape index (κ1) is 12.6. The molecule has 1 aromatic carbocycles. The van der Waals surface area contributed by atoms with E-state index >= 15 is 0 Å². The van der Waals surface area contributed by atoms with E-state index in [1.54, 1.807) is 24.3 Å². The zero-order chi connectivity index (χ0) is 13.8. The molecule has 6 heteroatoms. The Morgan fingerprint density at radius 2 is 1.95 bits per heavy atom. The second-order valence-electron chi connectivity index (χ2n) is 4.09. The number of hydrogen-bond donors (Lipinski definition) is 3. The molecule has 0 aliphatic heterocycles. The number of H-pyrrole nitrogens is 1. The summed E-state index contributed by atoms with van der Waals surface area (Å²) >= 11 is 0. The maximum Gasteiger partial charge on any atom is 0.324 e. The molecule has 0 radical (unpaired) electrons. The van der Waals surface area contributed by atoms with Crippen molar-refractivity contribution in [1.29, 1.82) is 5.26 Å². The fourth-order valence-electron chi connectivity index (χ4n) is 1.50. The monoisotopic (exact) mass is 255 g/mol. The average Bonchev–Trinajstić information content (AvgIpc) is 2.71. The van der Waals surface area contributed by atoms with Crippen molar-refractivity contribution in [1.82, 2.24) is 10.2 Å². The predicted octanol–water partition coefficient (Wildman–Crippen LogP) is 2.54. The molecule has 0 aliphatic rings. The van der Waals surface area contributed by atoms with Gasteiger partial charge in [0.25, 0.3) is 0 Å². The molecular formula is C13H13N5O. The third-order valence-electron chi connectivity index (χ3n) is 2.76. The lowest BCUT2D eigenvalue weighted by Crippen LogP contribution is -2.20. The minimum absolute atomic E-state index is 0.376. The molecule has 2 amide bonds. The van der Waals surface area contributed by atoms with Gasteiger partial charge < -0.3 is 5.32 Å². The van der Waals surface area contributed by atoms with Crippen molar-refractivity contribution in [2.45, 2.75) is 13.8 Å². The van der Waals surface area contributed by atoms with Gasteiger partial charge in [-0.2, -0.15) is 10.4 Å². The third kappa shape index (κ3) is 2.90. The number of aryl methyl sites for hydroxylation is 1. The number of benzene rings is 1. The molecule has 1 aromatic heterocycles. The maximum atomic E-state index is 11.8. The number of urea groups is 1. The lowest BCUT2D eigenvalue weighted by molar-refractivity contribution is 0.262. The normalized spacial score (nSPS) is 9.74. The highest BCUT2D eigenvalue weighted by atomic mass is 16.2. The zero-order valence-corrected chi connectivity index (χ0v) is 10.6. The number of amides is 2. The molecule has 3 N–H and O–H groups in total. The SMILES string of the molecule is Cc1[nH]nc(NC(=O)Nc2ccc(C#N)cc2)c1C. The van der Waals surface area contributed by atoms with Gasteiger partial charge in [-0.1, -0.05) is 0 Å². The number of rotatable bonds is 2. The molecule has 0 unspecified atom stereocenters. The van der Waals surface area contributed by atoms with E-state index in [1.807, 2.05) is 19.9 Å². The van der Waals surface area contributed by atoms with Crippen molar-refractivity contribution >= 4 is 17.5 Å². The molecular weight excluding hydrogens is 242 g/mol. The summed E-state index contributed by atoms with van der Waals surface area (Å²) in [4.78, 5) is 11.8. The summed E-state index contributed by atoms with van der Waals surface area (Å²) in [7, 11) is 0. The molecule has 0 spiro atoms. The maximum absolute atomic E-state index is 11.8. The van der Waals surface area contributed by atoms with Gasteiger partial charge >= 0.3 is 6.03 Å². The molecule has 0 saturated heterocycles. The van der Waals surface area contributed by atoms with E-state index in [-0.39, 0.29) is 6.03 Å². The highest BCUT2D eigenvalue weighted by Gasteiger charge is 2.09. The number of anilines is 2. The van der Waals surface area contributed by atoms with E-state index in [0.717, 1.165) is 11.3 Å². The summed E-state index contributed by atoms with van der Waals surface area (Å²) in [6.45, 7) is 3.75. The summed E-state index contributed by atoms with van der Waals surface area (Å²) in [6.07, 6.45) is 0. The van der Waals surface area contributed by atoms with Crippen LogP contribution in [0.1, 0.15) is 16.8 Å². The fraction of sp³-hybridized carbons (Fsp3) is 0.154. The first-order chi connectivity index (χ1) is 9.10. The van der Waals surface area contributed by atoms with E-state index in [1.165, 1.54) is 0 Å². The van der Waals surface area contributed by atoms with Crippen LogP contribution in [-0.4, -0.2) is 16.2 Å². The number of aromatic amines is 1. The lowest BCUT2D eigenvalue weighted by Gasteiger charge is -2.06. The number of aromatic nitrogens is 2. The van der Waals surface area contributed by atoms with Crippen LogP contribution in [0.5, 0.6) is 0 Å². The van der Waals surface area contributed by atoms with Gasteiger partial charge in [0.1, 0.15) is 0 Å². The van der Waals surface area contributed by atoms with Crippen LogP contribution in [0.2, 0.25) is 0 Å². The van der Waals surface area contributed by atoms with E-state index in [9.17, 15) is 4.79 Å². The molecule has 1 heterocycles. The van der Waals surface area contributed by atoms with Crippen LogP contribution in [0.15, 0.2) is 24.3 Å². The molecule has 0 aliphatic carbocycles. The van der Waals surface area contributed by atoms with Gasteiger partial charge in [-0.25, -0.2) is 4.79 Å². The number of nitrogens with one attached hydrogen (secondary N) is 3. The Hall–Kier alpha value is -2.81.